The van der Waals surface area contributed by atoms with Gasteiger partial charge in [-0.1, -0.05) is 30.3 Å². The molecule has 94 valence electrons. The summed E-state index contributed by atoms with van der Waals surface area (Å²) in [4.78, 5) is 9.20. The van der Waals surface area contributed by atoms with Crippen molar-refractivity contribution in [2.45, 2.75) is 26.3 Å². The summed E-state index contributed by atoms with van der Waals surface area (Å²) in [6, 6.07) is 12.2. The summed E-state index contributed by atoms with van der Waals surface area (Å²) in [7, 11) is 1.92. The number of nitrogens with one attached hydrogen (secondary N) is 1. The lowest BCUT2D eigenvalue weighted by Crippen LogP contribution is -2.35. The molecule has 0 spiro atoms. The van der Waals surface area contributed by atoms with Crippen molar-refractivity contribution in [2.24, 2.45) is 0 Å². The Balaban J connectivity index is 2.52. The van der Waals surface area contributed by atoms with Crippen LogP contribution in [-0.2, 0) is 5.54 Å². The topological polar surface area (TPSA) is 37.8 Å². The first-order chi connectivity index (χ1) is 8.53. The van der Waals surface area contributed by atoms with Crippen molar-refractivity contribution in [3.8, 4) is 11.3 Å². The van der Waals surface area contributed by atoms with E-state index in [1.54, 1.807) is 0 Å². The minimum atomic E-state index is -0.227. The Morgan fingerprint density at radius 1 is 1.06 bits per heavy atom. The molecule has 1 N–H and O–H groups in total. The first-order valence-electron chi connectivity index (χ1n) is 6.13. The molecule has 1 aromatic carbocycles. The third-order valence-corrected chi connectivity index (χ3v) is 3.11. The Morgan fingerprint density at radius 2 is 1.72 bits per heavy atom. The summed E-state index contributed by atoms with van der Waals surface area (Å²) in [6.07, 6.45) is 0. The number of aryl methyl sites for hydroxylation is 1. The Kier molecular flexibility index (Phi) is 3.43. The summed E-state index contributed by atoms with van der Waals surface area (Å²) < 4.78 is 0. The van der Waals surface area contributed by atoms with Crippen LogP contribution >= 0.6 is 0 Å². The lowest BCUT2D eigenvalue weighted by atomic mass is 10.0. The number of nitrogens with zero attached hydrogens (tertiary/aromatic N) is 2. The van der Waals surface area contributed by atoms with Crippen LogP contribution < -0.4 is 5.32 Å². The van der Waals surface area contributed by atoms with E-state index >= 15 is 0 Å². The third-order valence-electron chi connectivity index (χ3n) is 3.11. The zero-order valence-electron chi connectivity index (χ0n) is 11.4. The molecule has 0 atom stereocenters. The van der Waals surface area contributed by atoms with Gasteiger partial charge in [0.05, 0.1) is 11.2 Å². The second-order valence-electron chi connectivity index (χ2n) is 4.96. The molecule has 0 fully saturated rings. The predicted octanol–water partition coefficient (Wildman–Crippen LogP) is 2.91. The van der Waals surface area contributed by atoms with Gasteiger partial charge in [-0.2, -0.15) is 0 Å². The van der Waals surface area contributed by atoms with E-state index in [4.69, 9.17) is 0 Å². The second-order valence-corrected chi connectivity index (χ2v) is 4.96. The number of hydrogen-bond acceptors (Lipinski definition) is 3. The first kappa shape index (κ1) is 12.7. The quantitative estimate of drug-likeness (QED) is 0.898. The van der Waals surface area contributed by atoms with Crippen molar-refractivity contribution in [3.05, 3.63) is 47.9 Å². The summed E-state index contributed by atoms with van der Waals surface area (Å²) >= 11 is 0. The molecule has 0 amide bonds. The molecule has 2 aromatic rings. The summed E-state index contributed by atoms with van der Waals surface area (Å²) in [5.74, 6) is 0.823. The van der Waals surface area contributed by atoms with E-state index < -0.39 is 0 Å². The molecule has 0 bridgehead atoms. The normalized spacial score (nSPS) is 11.6. The molecule has 0 saturated carbocycles. The van der Waals surface area contributed by atoms with Gasteiger partial charge in [0.25, 0.3) is 0 Å². The molecule has 1 heterocycles. The van der Waals surface area contributed by atoms with Crippen molar-refractivity contribution in [3.63, 3.8) is 0 Å². The van der Waals surface area contributed by atoms with Gasteiger partial charge in [0, 0.05) is 11.3 Å². The van der Waals surface area contributed by atoms with Gasteiger partial charge >= 0.3 is 0 Å². The fourth-order valence-electron chi connectivity index (χ4n) is 1.72. The smallest absolute Gasteiger partial charge is 0.148 e. The molecule has 2 rings (SSSR count). The van der Waals surface area contributed by atoms with Gasteiger partial charge in [-0.05, 0) is 33.9 Å². The van der Waals surface area contributed by atoms with Crippen LogP contribution in [-0.4, -0.2) is 17.0 Å². The molecule has 0 radical (unpaired) electrons. The third kappa shape index (κ3) is 2.57. The number of benzene rings is 1. The van der Waals surface area contributed by atoms with E-state index in [-0.39, 0.29) is 5.54 Å². The molecule has 0 aliphatic carbocycles. The highest BCUT2D eigenvalue weighted by Crippen LogP contribution is 2.21. The lowest BCUT2D eigenvalue weighted by molar-refractivity contribution is 0.416. The van der Waals surface area contributed by atoms with Gasteiger partial charge < -0.3 is 5.32 Å². The highest BCUT2D eigenvalue weighted by atomic mass is 15.0. The van der Waals surface area contributed by atoms with Gasteiger partial charge in [0.1, 0.15) is 5.82 Å². The Hall–Kier alpha value is -1.74. The minimum Gasteiger partial charge on any atom is -0.308 e. The molecule has 3 nitrogen and oxygen atoms in total. The van der Waals surface area contributed by atoms with Crippen LogP contribution in [0.25, 0.3) is 11.3 Å². The highest BCUT2D eigenvalue weighted by molar-refractivity contribution is 5.59. The maximum Gasteiger partial charge on any atom is 0.148 e. The van der Waals surface area contributed by atoms with Crippen molar-refractivity contribution < 1.29 is 0 Å². The number of aromatic nitrogens is 2. The van der Waals surface area contributed by atoms with Crippen LogP contribution in [0.2, 0.25) is 0 Å². The van der Waals surface area contributed by atoms with E-state index in [0.717, 1.165) is 22.8 Å². The average Bonchev–Trinajstić information content (AvgIpc) is 2.39. The average molecular weight is 241 g/mol. The van der Waals surface area contributed by atoms with Crippen LogP contribution in [0.15, 0.2) is 36.4 Å². The van der Waals surface area contributed by atoms with Gasteiger partial charge in [-0.15, -0.1) is 0 Å². The maximum atomic E-state index is 4.67. The van der Waals surface area contributed by atoms with Gasteiger partial charge in [0.15, 0.2) is 0 Å². The molecule has 0 saturated heterocycles. The fourth-order valence-corrected chi connectivity index (χ4v) is 1.72. The Bertz CT molecular complexity index is 533. The van der Waals surface area contributed by atoms with Gasteiger partial charge in [-0.3, -0.25) is 0 Å². The minimum absolute atomic E-state index is 0.227. The molecule has 18 heavy (non-hydrogen) atoms. The van der Waals surface area contributed by atoms with Gasteiger partial charge in [0.2, 0.25) is 0 Å². The van der Waals surface area contributed by atoms with Crippen molar-refractivity contribution >= 4 is 0 Å². The predicted molar refractivity (Wildman–Crippen MR) is 74.3 cm³/mol. The SMILES string of the molecule is CNC(C)(C)c1nc(C)cc(-c2ccccc2)n1. The monoisotopic (exact) mass is 241 g/mol. The van der Waals surface area contributed by atoms with Crippen LogP contribution in [0, 0.1) is 6.92 Å². The summed E-state index contributed by atoms with van der Waals surface area (Å²) in [5, 5.41) is 3.24. The van der Waals surface area contributed by atoms with E-state index in [0.29, 0.717) is 0 Å². The van der Waals surface area contributed by atoms with E-state index in [2.05, 4.69) is 41.3 Å². The molecule has 1 aromatic heterocycles. The molecule has 3 heteroatoms. The molecular weight excluding hydrogens is 222 g/mol. The maximum absolute atomic E-state index is 4.67. The summed E-state index contributed by atoms with van der Waals surface area (Å²) in [5.41, 5.74) is 2.86. The van der Waals surface area contributed by atoms with Crippen LogP contribution in [0.1, 0.15) is 25.4 Å². The van der Waals surface area contributed by atoms with Crippen LogP contribution in [0.3, 0.4) is 0 Å². The zero-order valence-corrected chi connectivity index (χ0v) is 11.4. The van der Waals surface area contributed by atoms with Gasteiger partial charge in [-0.25, -0.2) is 9.97 Å². The first-order valence-corrected chi connectivity index (χ1v) is 6.13. The molecule has 0 aliphatic rings. The summed E-state index contributed by atoms with van der Waals surface area (Å²) in [6.45, 7) is 6.16. The lowest BCUT2D eigenvalue weighted by Gasteiger charge is -2.23. The largest absolute Gasteiger partial charge is 0.308 e. The standard InChI is InChI=1S/C15H19N3/c1-11-10-13(12-8-6-5-7-9-12)18-14(17-11)15(2,3)16-4/h5-10,16H,1-4H3. The highest BCUT2D eigenvalue weighted by Gasteiger charge is 2.22. The fraction of sp³-hybridized carbons (Fsp3) is 0.333. The van der Waals surface area contributed by atoms with Crippen molar-refractivity contribution in [1.29, 1.82) is 0 Å². The van der Waals surface area contributed by atoms with Crippen LogP contribution in [0.4, 0.5) is 0 Å². The van der Waals surface area contributed by atoms with E-state index in [1.807, 2.05) is 38.2 Å². The van der Waals surface area contributed by atoms with E-state index in [1.165, 1.54) is 0 Å². The molecule has 0 aliphatic heterocycles. The number of hydrogen-bond donors (Lipinski definition) is 1. The number of rotatable bonds is 3. The van der Waals surface area contributed by atoms with Crippen molar-refractivity contribution in [2.75, 3.05) is 7.05 Å². The van der Waals surface area contributed by atoms with Crippen LogP contribution in [0.5, 0.6) is 0 Å². The zero-order chi connectivity index (χ0) is 13.2. The van der Waals surface area contributed by atoms with E-state index in [9.17, 15) is 0 Å². The molecular formula is C15H19N3. The molecule has 0 unspecified atom stereocenters. The second kappa shape index (κ2) is 4.86. The van der Waals surface area contributed by atoms with Crippen molar-refractivity contribution in [1.82, 2.24) is 15.3 Å². The Labute approximate surface area is 108 Å². The Morgan fingerprint density at radius 3 is 2.33 bits per heavy atom.